The molecule has 0 radical (unpaired) electrons. The molecular formula is C18H16FN3. The monoisotopic (exact) mass is 293 g/mol. The molecule has 110 valence electrons. The van der Waals surface area contributed by atoms with Crippen LogP contribution in [0.15, 0.2) is 48.8 Å². The Morgan fingerprint density at radius 3 is 2.32 bits per heavy atom. The number of pyridine rings is 1. The van der Waals surface area contributed by atoms with E-state index in [1.807, 2.05) is 23.9 Å². The van der Waals surface area contributed by atoms with Gasteiger partial charge in [0.2, 0.25) is 0 Å². The van der Waals surface area contributed by atoms with Crippen molar-refractivity contribution in [2.45, 2.75) is 18.8 Å². The lowest BCUT2D eigenvalue weighted by molar-refractivity contribution is 0.628. The van der Waals surface area contributed by atoms with Gasteiger partial charge in [-0.25, -0.2) is 4.39 Å². The first-order valence-electron chi connectivity index (χ1n) is 7.47. The van der Waals surface area contributed by atoms with Crippen molar-refractivity contribution >= 4 is 0 Å². The second-order valence-corrected chi connectivity index (χ2v) is 5.75. The molecule has 0 unspecified atom stereocenters. The smallest absolute Gasteiger partial charge is 0.123 e. The van der Waals surface area contributed by atoms with E-state index in [1.165, 1.54) is 30.7 Å². The number of nitrogens with zero attached hydrogens (tertiary/aromatic N) is 3. The third-order valence-electron chi connectivity index (χ3n) is 4.14. The summed E-state index contributed by atoms with van der Waals surface area (Å²) in [7, 11) is 1.99. The molecule has 1 aliphatic rings. The number of halogens is 1. The van der Waals surface area contributed by atoms with E-state index in [0.717, 1.165) is 22.4 Å². The largest absolute Gasteiger partial charge is 0.271 e. The summed E-state index contributed by atoms with van der Waals surface area (Å²) in [6, 6.07) is 10.6. The first-order chi connectivity index (χ1) is 10.7. The molecule has 1 aromatic carbocycles. The predicted molar refractivity (Wildman–Crippen MR) is 83.8 cm³/mol. The summed E-state index contributed by atoms with van der Waals surface area (Å²) in [5, 5.41) is 4.72. The second kappa shape index (κ2) is 5.05. The van der Waals surface area contributed by atoms with Crippen LogP contribution in [-0.4, -0.2) is 14.8 Å². The molecule has 0 atom stereocenters. The minimum Gasteiger partial charge on any atom is -0.271 e. The van der Waals surface area contributed by atoms with E-state index < -0.39 is 0 Å². The van der Waals surface area contributed by atoms with Crippen molar-refractivity contribution in [3.05, 3.63) is 60.3 Å². The average Bonchev–Trinajstić information content (AvgIpc) is 3.32. The van der Waals surface area contributed by atoms with Crippen LogP contribution in [0.4, 0.5) is 4.39 Å². The summed E-state index contributed by atoms with van der Waals surface area (Å²) in [5.41, 5.74) is 5.39. The van der Waals surface area contributed by atoms with Gasteiger partial charge in [0.25, 0.3) is 0 Å². The van der Waals surface area contributed by atoms with Gasteiger partial charge in [-0.1, -0.05) is 0 Å². The van der Waals surface area contributed by atoms with E-state index in [-0.39, 0.29) is 5.82 Å². The zero-order valence-corrected chi connectivity index (χ0v) is 12.3. The predicted octanol–water partition coefficient (Wildman–Crippen LogP) is 4.17. The van der Waals surface area contributed by atoms with Gasteiger partial charge < -0.3 is 0 Å². The highest BCUT2D eigenvalue weighted by molar-refractivity contribution is 5.83. The van der Waals surface area contributed by atoms with E-state index in [4.69, 9.17) is 5.10 Å². The Kier molecular flexibility index (Phi) is 3.03. The lowest BCUT2D eigenvalue weighted by Crippen LogP contribution is -1.97. The van der Waals surface area contributed by atoms with Gasteiger partial charge >= 0.3 is 0 Å². The first-order valence-corrected chi connectivity index (χ1v) is 7.47. The summed E-state index contributed by atoms with van der Waals surface area (Å²) in [6.07, 6.45) is 6.02. The summed E-state index contributed by atoms with van der Waals surface area (Å²) in [4.78, 5) is 4.11. The molecule has 4 heteroatoms. The molecule has 4 rings (SSSR count). The molecule has 2 heterocycles. The van der Waals surface area contributed by atoms with Crippen LogP contribution in [0.5, 0.6) is 0 Å². The van der Waals surface area contributed by atoms with E-state index in [0.29, 0.717) is 5.92 Å². The van der Waals surface area contributed by atoms with Gasteiger partial charge in [-0.05, 0) is 54.8 Å². The molecule has 0 amide bonds. The van der Waals surface area contributed by atoms with Crippen molar-refractivity contribution < 1.29 is 4.39 Å². The highest BCUT2D eigenvalue weighted by Gasteiger charge is 2.32. The standard InChI is InChI=1S/C18H16FN3/c1-22-18(14-2-3-14)16(12-8-10-20-11-9-12)17(21-22)13-4-6-15(19)7-5-13/h4-11,14H,2-3H2,1H3. The van der Waals surface area contributed by atoms with E-state index in [1.54, 1.807) is 24.5 Å². The fraction of sp³-hybridized carbons (Fsp3) is 0.222. The molecule has 0 bridgehead atoms. The summed E-state index contributed by atoms with van der Waals surface area (Å²) in [5.74, 6) is 0.349. The minimum atomic E-state index is -0.229. The topological polar surface area (TPSA) is 30.7 Å². The number of hydrogen-bond acceptors (Lipinski definition) is 2. The maximum Gasteiger partial charge on any atom is 0.123 e. The van der Waals surface area contributed by atoms with Crippen molar-refractivity contribution in [2.24, 2.45) is 7.05 Å². The van der Waals surface area contributed by atoms with Gasteiger partial charge in [-0.3, -0.25) is 9.67 Å². The molecule has 0 spiro atoms. The quantitative estimate of drug-likeness (QED) is 0.725. The average molecular weight is 293 g/mol. The summed E-state index contributed by atoms with van der Waals surface area (Å²) >= 11 is 0. The molecule has 1 aliphatic carbocycles. The number of aryl methyl sites for hydroxylation is 1. The minimum absolute atomic E-state index is 0.229. The zero-order chi connectivity index (χ0) is 15.1. The molecule has 3 nitrogen and oxygen atoms in total. The van der Waals surface area contributed by atoms with E-state index in [2.05, 4.69) is 4.98 Å². The maximum absolute atomic E-state index is 13.2. The number of benzene rings is 1. The van der Waals surface area contributed by atoms with Gasteiger partial charge in [0, 0.05) is 42.2 Å². The normalized spacial score (nSPS) is 14.3. The lowest BCUT2D eigenvalue weighted by atomic mass is 9.98. The van der Waals surface area contributed by atoms with Crippen molar-refractivity contribution in [3.8, 4) is 22.4 Å². The van der Waals surface area contributed by atoms with Gasteiger partial charge in [0.05, 0.1) is 0 Å². The Morgan fingerprint density at radius 1 is 1.00 bits per heavy atom. The van der Waals surface area contributed by atoms with Gasteiger partial charge in [-0.2, -0.15) is 5.10 Å². The highest BCUT2D eigenvalue weighted by atomic mass is 19.1. The fourth-order valence-corrected chi connectivity index (χ4v) is 2.98. The summed E-state index contributed by atoms with van der Waals surface area (Å²) in [6.45, 7) is 0. The Labute approximate surface area is 128 Å². The molecule has 0 N–H and O–H groups in total. The zero-order valence-electron chi connectivity index (χ0n) is 12.3. The molecule has 1 saturated carbocycles. The lowest BCUT2D eigenvalue weighted by Gasteiger charge is -2.06. The van der Waals surface area contributed by atoms with Crippen LogP contribution < -0.4 is 0 Å². The van der Waals surface area contributed by atoms with E-state index >= 15 is 0 Å². The van der Waals surface area contributed by atoms with Gasteiger partial charge in [0.15, 0.2) is 0 Å². The molecule has 0 aliphatic heterocycles. The Morgan fingerprint density at radius 2 is 1.68 bits per heavy atom. The molecule has 22 heavy (non-hydrogen) atoms. The third kappa shape index (κ3) is 2.21. The Bertz CT molecular complexity index is 802. The number of aromatic nitrogens is 3. The number of rotatable bonds is 3. The van der Waals surface area contributed by atoms with Crippen LogP contribution in [0.3, 0.4) is 0 Å². The second-order valence-electron chi connectivity index (χ2n) is 5.75. The van der Waals surface area contributed by atoms with Crippen LogP contribution in [0.2, 0.25) is 0 Å². The first kappa shape index (κ1) is 13.2. The van der Waals surface area contributed by atoms with Crippen molar-refractivity contribution in [1.29, 1.82) is 0 Å². The molecule has 1 fully saturated rings. The van der Waals surface area contributed by atoms with Crippen LogP contribution in [0.1, 0.15) is 24.5 Å². The molecule has 3 aromatic rings. The fourth-order valence-electron chi connectivity index (χ4n) is 2.98. The Hall–Kier alpha value is -2.49. The Balaban J connectivity index is 1.95. The maximum atomic E-state index is 13.2. The van der Waals surface area contributed by atoms with Crippen LogP contribution >= 0.6 is 0 Å². The van der Waals surface area contributed by atoms with Gasteiger partial charge in [0.1, 0.15) is 11.5 Å². The van der Waals surface area contributed by atoms with Gasteiger partial charge in [-0.15, -0.1) is 0 Å². The van der Waals surface area contributed by atoms with Crippen molar-refractivity contribution in [1.82, 2.24) is 14.8 Å². The summed E-state index contributed by atoms with van der Waals surface area (Å²) < 4.78 is 15.2. The molecule has 2 aromatic heterocycles. The number of hydrogen-bond donors (Lipinski definition) is 0. The van der Waals surface area contributed by atoms with Crippen LogP contribution in [0, 0.1) is 5.82 Å². The van der Waals surface area contributed by atoms with Crippen molar-refractivity contribution in [2.75, 3.05) is 0 Å². The SMILES string of the molecule is Cn1nc(-c2ccc(F)cc2)c(-c2ccncc2)c1C1CC1. The van der Waals surface area contributed by atoms with E-state index in [9.17, 15) is 4.39 Å². The highest BCUT2D eigenvalue weighted by Crippen LogP contribution is 2.47. The molecular weight excluding hydrogens is 277 g/mol. The van der Waals surface area contributed by atoms with Crippen LogP contribution in [-0.2, 0) is 7.05 Å². The van der Waals surface area contributed by atoms with Crippen LogP contribution in [0.25, 0.3) is 22.4 Å². The molecule has 0 saturated heterocycles. The third-order valence-corrected chi connectivity index (χ3v) is 4.14. The van der Waals surface area contributed by atoms with Crippen molar-refractivity contribution in [3.63, 3.8) is 0 Å².